The van der Waals surface area contributed by atoms with Crippen molar-refractivity contribution in [2.45, 2.75) is 13.8 Å². The van der Waals surface area contributed by atoms with Gasteiger partial charge in [-0.15, -0.1) is 0 Å². The Labute approximate surface area is 99.7 Å². The van der Waals surface area contributed by atoms with E-state index < -0.39 is 6.03 Å². The van der Waals surface area contributed by atoms with Crippen LogP contribution in [0.25, 0.3) is 0 Å². The smallest absolute Gasteiger partial charge is 0.348 e. The molecule has 1 aromatic rings. The van der Waals surface area contributed by atoms with Crippen LogP contribution in [0.15, 0.2) is 17.1 Å². The molecule has 0 aliphatic rings. The second-order valence-corrected chi connectivity index (χ2v) is 3.63. The number of amides is 2. The zero-order chi connectivity index (χ0) is 13.0. The fourth-order valence-corrected chi connectivity index (χ4v) is 1.50. The molecule has 6 heteroatoms. The molecule has 0 aliphatic carbocycles. The Morgan fingerprint density at radius 3 is 2.53 bits per heavy atom. The molecule has 92 valence electrons. The van der Waals surface area contributed by atoms with Gasteiger partial charge in [-0.2, -0.15) is 4.99 Å². The molecule has 1 aromatic carbocycles. The first-order valence-electron chi connectivity index (χ1n) is 5.00. The van der Waals surface area contributed by atoms with E-state index in [-0.39, 0.29) is 5.96 Å². The van der Waals surface area contributed by atoms with Gasteiger partial charge in [0.25, 0.3) is 0 Å². The highest BCUT2D eigenvalue weighted by Crippen LogP contribution is 2.29. The van der Waals surface area contributed by atoms with Crippen LogP contribution in [-0.4, -0.2) is 19.1 Å². The van der Waals surface area contributed by atoms with E-state index in [1.165, 1.54) is 7.11 Å². The molecule has 0 aliphatic heterocycles. The summed E-state index contributed by atoms with van der Waals surface area (Å²) in [6, 6.07) is 3.11. The fraction of sp³-hybridized carbons (Fsp3) is 0.273. The molecule has 0 heterocycles. The van der Waals surface area contributed by atoms with Gasteiger partial charge in [0.05, 0.1) is 12.8 Å². The van der Waals surface area contributed by atoms with Crippen LogP contribution >= 0.6 is 0 Å². The first-order chi connectivity index (χ1) is 7.93. The molecule has 0 fully saturated rings. The van der Waals surface area contributed by atoms with Crippen LogP contribution in [0.2, 0.25) is 0 Å². The van der Waals surface area contributed by atoms with Gasteiger partial charge in [-0.05, 0) is 31.0 Å². The summed E-state index contributed by atoms with van der Waals surface area (Å²) in [5, 5.41) is 2.58. The number of carbonyl (C=O) groups excluding carboxylic acids is 1. The van der Waals surface area contributed by atoms with Crippen LogP contribution in [0.3, 0.4) is 0 Å². The van der Waals surface area contributed by atoms with Gasteiger partial charge < -0.3 is 21.5 Å². The van der Waals surface area contributed by atoms with Crippen molar-refractivity contribution in [2.24, 2.45) is 16.5 Å². The van der Waals surface area contributed by atoms with E-state index in [4.69, 9.17) is 16.2 Å². The number of rotatable bonds is 2. The lowest BCUT2D eigenvalue weighted by Gasteiger charge is -2.12. The van der Waals surface area contributed by atoms with Crippen LogP contribution in [0.5, 0.6) is 5.75 Å². The number of urea groups is 1. The van der Waals surface area contributed by atoms with E-state index in [9.17, 15) is 4.79 Å². The number of hydrogen-bond acceptors (Lipinski definition) is 2. The van der Waals surface area contributed by atoms with Gasteiger partial charge in [0.15, 0.2) is 5.96 Å². The molecule has 0 aromatic heterocycles. The molecule has 0 saturated heterocycles. The standard InChI is InChI=1S/C11H16N4O2/c1-6-4-7(2)9(8(5-6)17-3)14-11(16)15-10(12)13/h4-5H,1-3H3,(H5,12,13,14,15,16). The van der Waals surface area contributed by atoms with Gasteiger partial charge >= 0.3 is 6.03 Å². The minimum Gasteiger partial charge on any atom is -0.495 e. The molecular weight excluding hydrogens is 220 g/mol. The van der Waals surface area contributed by atoms with Crippen LogP contribution < -0.4 is 21.5 Å². The number of benzene rings is 1. The number of methoxy groups -OCH3 is 1. The Bertz CT molecular complexity index is 465. The summed E-state index contributed by atoms with van der Waals surface area (Å²) < 4.78 is 5.19. The third-order valence-corrected chi connectivity index (χ3v) is 2.13. The number of ether oxygens (including phenoxy) is 1. The van der Waals surface area contributed by atoms with Gasteiger partial charge in [0, 0.05) is 0 Å². The van der Waals surface area contributed by atoms with Crippen LogP contribution in [0, 0.1) is 13.8 Å². The second-order valence-electron chi connectivity index (χ2n) is 3.63. The normalized spacial score (nSPS) is 9.59. The van der Waals surface area contributed by atoms with Gasteiger partial charge in [0.2, 0.25) is 0 Å². The largest absolute Gasteiger partial charge is 0.495 e. The molecule has 0 radical (unpaired) electrons. The van der Waals surface area contributed by atoms with Gasteiger partial charge in [-0.1, -0.05) is 6.07 Å². The summed E-state index contributed by atoms with van der Waals surface area (Å²) >= 11 is 0. The lowest BCUT2D eigenvalue weighted by molar-refractivity contribution is 0.259. The van der Waals surface area contributed by atoms with Crippen molar-refractivity contribution in [2.75, 3.05) is 12.4 Å². The van der Waals surface area contributed by atoms with Crippen molar-refractivity contribution in [3.8, 4) is 5.75 Å². The van der Waals surface area contributed by atoms with Crippen molar-refractivity contribution < 1.29 is 9.53 Å². The number of nitrogens with zero attached hydrogens (tertiary/aromatic N) is 1. The summed E-state index contributed by atoms with van der Waals surface area (Å²) in [5.41, 5.74) is 12.7. The van der Waals surface area contributed by atoms with E-state index in [0.29, 0.717) is 11.4 Å². The quantitative estimate of drug-likeness (QED) is 0.528. The molecule has 1 rings (SSSR count). The molecule has 0 bridgehead atoms. The molecule has 0 atom stereocenters. The maximum Gasteiger partial charge on any atom is 0.348 e. The number of nitrogens with two attached hydrogens (primary N) is 2. The summed E-state index contributed by atoms with van der Waals surface area (Å²) in [7, 11) is 1.53. The minimum absolute atomic E-state index is 0.286. The number of aliphatic imine (C=N–C) groups is 1. The van der Waals surface area contributed by atoms with Gasteiger partial charge in [0.1, 0.15) is 5.75 Å². The molecule has 2 amide bonds. The summed E-state index contributed by atoms with van der Waals surface area (Å²) in [5.74, 6) is 0.285. The Morgan fingerprint density at radius 2 is 2.00 bits per heavy atom. The Hall–Kier alpha value is -2.24. The maximum atomic E-state index is 11.4. The number of anilines is 1. The fourth-order valence-electron chi connectivity index (χ4n) is 1.50. The zero-order valence-corrected chi connectivity index (χ0v) is 10.1. The molecule has 0 spiro atoms. The molecule has 0 saturated carbocycles. The summed E-state index contributed by atoms with van der Waals surface area (Å²) in [4.78, 5) is 14.8. The van der Waals surface area contributed by atoms with Crippen molar-refractivity contribution in [3.63, 3.8) is 0 Å². The molecule has 6 nitrogen and oxygen atoms in total. The third-order valence-electron chi connectivity index (χ3n) is 2.13. The Balaban J connectivity index is 3.06. The first kappa shape index (κ1) is 12.8. The Kier molecular flexibility index (Phi) is 3.92. The maximum absolute atomic E-state index is 11.4. The Morgan fingerprint density at radius 1 is 1.35 bits per heavy atom. The van der Waals surface area contributed by atoms with Gasteiger partial charge in [-0.3, -0.25) is 0 Å². The van der Waals surface area contributed by atoms with Crippen LogP contribution in [0.4, 0.5) is 10.5 Å². The topological polar surface area (TPSA) is 103 Å². The van der Waals surface area contributed by atoms with Gasteiger partial charge in [-0.25, -0.2) is 4.79 Å². The number of nitrogens with one attached hydrogen (secondary N) is 1. The van der Waals surface area contributed by atoms with Crippen molar-refractivity contribution in [1.82, 2.24) is 0 Å². The first-order valence-corrected chi connectivity index (χ1v) is 5.00. The van der Waals surface area contributed by atoms with Crippen LogP contribution in [-0.2, 0) is 0 Å². The monoisotopic (exact) mass is 236 g/mol. The minimum atomic E-state index is -0.629. The lowest BCUT2D eigenvalue weighted by Crippen LogP contribution is -2.25. The highest BCUT2D eigenvalue weighted by Gasteiger charge is 2.10. The average molecular weight is 236 g/mol. The number of aryl methyl sites for hydroxylation is 2. The second kappa shape index (κ2) is 5.20. The van der Waals surface area contributed by atoms with Crippen molar-refractivity contribution >= 4 is 17.7 Å². The predicted molar refractivity (Wildman–Crippen MR) is 67.3 cm³/mol. The van der Waals surface area contributed by atoms with E-state index in [1.54, 1.807) is 0 Å². The number of carbonyl (C=O) groups is 1. The summed E-state index contributed by atoms with van der Waals surface area (Å²) in [6.45, 7) is 3.80. The van der Waals surface area contributed by atoms with E-state index in [0.717, 1.165) is 11.1 Å². The molecular formula is C11H16N4O2. The summed E-state index contributed by atoms with van der Waals surface area (Å²) in [6.07, 6.45) is 0. The van der Waals surface area contributed by atoms with Crippen molar-refractivity contribution in [1.29, 1.82) is 0 Å². The molecule has 5 N–H and O–H groups in total. The van der Waals surface area contributed by atoms with Crippen LogP contribution in [0.1, 0.15) is 11.1 Å². The number of guanidine groups is 1. The average Bonchev–Trinajstić information content (AvgIpc) is 2.20. The van der Waals surface area contributed by atoms with E-state index in [1.807, 2.05) is 26.0 Å². The van der Waals surface area contributed by atoms with E-state index >= 15 is 0 Å². The predicted octanol–water partition coefficient (Wildman–Crippen LogP) is 1.12. The zero-order valence-electron chi connectivity index (χ0n) is 10.1. The van der Waals surface area contributed by atoms with E-state index in [2.05, 4.69) is 10.3 Å². The molecule has 0 unspecified atom stereocenters. The van der Waals surface area contributed by atoms with Crippen molar-refractivity contribution in [3.05, 3.63) is 23.3 Å². The molecule has 17 heavy (non-hydrogen) atoms. The third kappa shape index (κ3) is 3.37. The highest BCUT2D eigenvalue weighted by atomic mass is 16.5. The lowest BCUT2D eigenvalue weighted by atomic mass is 10.1. The SMILES string of the molecule is COc1cc(C)cc(C)c1NC(=O)N=C(N)N. The highest BCUT2D eigenvalue weighted by molar-refractivity contribution is 5.99. The number of hydrogen-bond donors (Lipinski definition) is 3.